The zero-order valence-electron chi connectivity index (χ0n) is 14.3. The topological polar surface area (TPSA) is 90.0 Å². The van der Waals surface area contributed by atoms with Crippen LogP contribution in [0.1, 0.15) is 24.8 Å². The molecule has 2 atom stereocenters. The van der Waals surface area contributed by atoms with Gasteiger partial charge in [0, 0.05) is 5.57 Å². The minimum Gasteiger partial charge on any atom is -0.497 e. The number of hydrogen-bond donors (Lipinski definition) is 0. The molecule has 2 aliphatic carbocycles. The fraction of sp³-hybridized carbons (Fsp3) is 0.444. The largest absolute Gasteiger partial charge is 0.497 e. The highest BCUT2D eigenvalue weighted by Gasteiger charge is 2.55. The average molecular weight is 377 g/mol. The number of ether oxygens (including phenoxy) is 2. The minimum atomic E-state index is -3.85. The summed E-state index contributed by atoms with van der Waals surface area (Å²) < 4.78 is 36.1. The summed E-state index contributed by atoms with van der Waals surface area (Å²) in [5.74, 6) is -0.454. The zero-order chi connectivity index (χ0) is 18.5. The second kappa shape index (κ2) is 6.12. The monoisotopic (exact) mass is 377 g/mol. The molecule has 1 heterocycles. The highest BCUT2D eigenvalue weighted by atomic mass is 32.2. The fourth-order valence-electron chi connectivity index (χ4n) is 4.11. The predicted molar refractivity (Wildman–Crippen MR) is 91.3 cm³/mol. The highest BCUT2D eigenvalue weighted by Crippen LogP contribution is 2.54. The van der Waals surface area contributed by atoms with Gasteiger partial charge in [0.1, 0.15) is 5.75 Å². The van der Waals surface area contributed by atoms with Crippen LogP contribution >= 0.6 is 0 Å². The molecule has 1 aromatic carbocycles. The molecule has 0 spiro atoms. The van der Waals surface area contributed by atoms with Crippen molar-refractivity contribution in [2.45, 2.75) is 25.7 Å². The molecule has 4 rings (SSSR count). The number of sulfonamides is 1. The molecule has 2 bridgehead atoms. The second-order valence-corrected chi connectivity index (χ2v) is 8.64. The van der Waals surface area contributed by atoms with Gasteiger partial charge in [-0.2, -0.15) is 4.31 Å². The molecule has 138 valence electrons. The summed E-state index contributed by atoms with van der Waals surface area (Å²) in [4.78, 5) is 24.8. The van der Waals surface area contributed by atoms with Crippen molar-refractivity contribution in [2.75, 3.05) is 13.8 Å². The Morgan fingerprint density at radius 1 is 1.19 bits per heavy atom. The van der Waals surface area contributed by atoms with Crippen molar-refractivity contribution in [2.24, 2.45) is 11.8 Å². The Kier molecular flexibility index (Phi) is 4.02. The van der Waals surface area contributed by atoms with Gasteiger partial charge in [-0.3, -0.25) is 9.59 Å². The zero-order valence-corrected chi connectivity index (χ0v) is 15.1. The average Bonchev–Trinajstić information content (AvgIpc) is 3.28. The maximum Gasteiger partial charge on any atom is 0.312 e. The summed E-state index contributed by atoms with van der Waals surface area (Å²) in [6.07, 6.45) is 2.40. The molecular formula is C18H19NO6S. The van der Waals surface area contributed by atoms with Crippen molar-refractivity contribution in [3.05, 3.63) is 40.3 Å². The molecule has 1 aromatic rings. The van der Waals surface area contributed by atoms with Crippen LogP contribution < -0.4 is 4.74 Å². The van der Waals surface area contributed by atoms with E-state index in [4.69, 9.17) is 9.47 Å². The number of carbonyl (C=O) groups excluding carboxylic acids is 2. The molecule has 1 fully saturated rings. The summed E-state index contributed by atoms with van der Waals surface area (Å²) in [6, 6.07) is 6.90. The van der Waals surface area contributed by atoms with Crippen molar-refractivity contribution in [3.63, 3.8) is 0 Å². The van der Waals surface area contributed by atoms with Crippen LogP contribution in [0.3, 0.4) is 0 Å². The molecular weight excluding hydrogens is 358 g/mol. The van der Waals surface area contributed by atoms with E-state index < -0.39 is 28.6 Å². The van der Waals surface area contributed by atoms with Gasteiger partial charge in [0.05, 0.1) is 18.4 Å². The van der Waals surface area contributed by atoms with Gasteiger partial charge < -0.3 is 9.47 Å². The van der Waals surface area contributed by atoms with Crippen LogP contribution in [0.15, 0.2) is 34.7 Å². The van der Waals surface area contributed by atoms with E-state index in [1.165, 1.54) is 0 Å². The molecule has 8 heteroatoms. The molecule has 0 saturated heterocycles. The normalized spacial score (nSPS) is 25.6. The number of amides is 1. The lowest BCUT2D eigenvalue weighted by molar-refractivity contribution is -0.147. The molecule has 3 aliphatic rings. The number of benzene rings is 1. The van der Waals surface area contributed by atoms with Crippen LogP contribution in [0.4, 0.5) is 0 Å². The molecule has 0 N–H and O–H groups in total. The van der Waals surface area contributed by atoms with Crippen LogP contribution in [0.25, 0.3) is 0 Å². The lowest BCUT2D eigenvalue weighted by Gasteiger charge is -2.19. The molecule has 1 amide bonds. The van der Waals surface area contributed by atoms with Gasteiger partial charge in [0.2, 0.25) is 0 Å². The van der Waals surface area contributed by atoms with Gasteiger partial charge in [-0.15, -0.1) is 0 Å². The molecule has 0 radical (unpaired) electrons. The molecule has 1 saturated carbocycles. The number of hydrogen-bond acceptors (Lipinski definition) is 6. The van der Waals surface area contributed by atoms with E-state index >= 15 is 0 Å². The van der Waals surface area contributed by atoms with Crippen LogP contribution in [-0.2, 0) is 30.8 Å². The van der Waals surface area contributed by atoms with Crippen LogP contribution in [-0.4, -0.2) is 38.4 Å². The Morgan fingerprint density at radius 2 is 1.88 bits per heavy atom. The minimum absolute atomic E-state index is 0.00946. The number of fused-ring (bicyclic) bond motifs is 4. The maximum absolute atomic E-state index is 12.7. The summed E-state index contributed by atoms with van der Waals surface area (Å²) in [5.41, 5.74) is 1.14. The fourth-order valence-corrected chi connectivity index (χ4v) is 6.03. The number of esters is 1. The van der Waals surface area contributed by atoms with Gasteiger partial charge in [-0.05, 0) is 48.8 Å². The lowest BCUT2D eigenvalue weighted by Crippen LogP contribution is -2.36. The Bertz CT molecular complexity index is 902. The van der Waals surface area contributed by atoms with Gasteiger partial charge in [0.25, 0.3) is 15.9 Å². The van der Waals surface area contributed by atoms with Crippen LogP contribution in [0.2, 0.25) is 0 Å². The van der Waals surface area contributed by atoms with Crippen LogP contribution in [0.5, 0.6) is 5.75 Å². The van der Waals surface area contributed by atoms with Gasteiger partial charge in [-0.25, -0.2) is 8.42 Å². The molecule has 26 heavy (non-hydrogen) atoms. The summed E-state index contributed by atoms with van der Waals surface area (Å²) in [6.45, 7) is -0.567. The lowest BCUT2D eigenvalue weighted by atomic mass is 9.98. The standard InChI is InChI=1S/C18H19NO6S/c1-24-14-6-2-11(3-7-14)8-15(20)25-10-19-18(21)16-12-4-5-13(9-12)17(16)26(19,22)23/h2-3,6-7,12-13H,4-5,8-10H2,1H3. The van der Waals surface area contributed by atoms with Crippen molar-refractivity contribution in [1.82, 2.24) is 4.31 Å². The van der Waals surface area contributed by atoms with Crippen molar-refractivity contribution >= 4 is 21.9 Å². The number of rotatable bonds is 5. The Balaban J connectivity index is 1.40. The van der Waals surface area contributed by atoms with E-state index in [0.717, 1.165) is 19.3 Å². The number of allylic oxidation sites excluding steroid dienone is 1. The quantitative estimate of drug-likeness (QED) is 0.724. The highest BCUT2D eigenvalue weighted by molar-refractivity contribution is 7.94. The molecule has 0 aromatic heterocycles. The smallest absolute Gasteiger partial charge is 0.312 e. The van der Waals surface area contributed by atoms with E-state index in [1.807, 2.05) is 0 Å². The van der Waals surface area contributed by atoms with E-state index in [9.17, 15) is 18.0 Å². The van der Waals surface area contributed by atoms with Crippen LogP contribution in [0, 0.1) is 11.8 Å². The SMILES string of the molecule is COc1ccc(CC(=O)OCN2C(=O)C3=C(C4CCC3C4)S2(=O)=O)cc1. The van der Waals surface area contributed by atoms with Gasteiger partial charge >= 0.3 is 5.97 Å². The van der Waals surface area contributed by atoms with E-state index in [1.54, 1.807) is 31.4 Å². The van der Waals surface area contributed by atoms with Gasteiger partial charge in [0.15, 0.2) is 6.73 Å². The first-order valence-corrected chi connectivity index (χ1v) is 9.95. The Labute approximate surface area is 151 Å². The summed E-state index contributed by atoms with van der Waals surface area (Å²) >= 11 is 0. The van der Waals surface area contributed by atoms with Crippen molar-refractivity contribution in [3.8, 4) is 5.75 Å². The Hall–Kier alpha value is -2.35. The van der Waals surface area contributed by atoms with E-state index in [0.29, 0.717) is 21.2 Å². The van der Waals surface area contributed by atoms with Gasteiger partial charge in [-0.1, -0.05) is 12.1 Å². The third kappa shape index (κ3) is 2.59. The van der Waals surface area contributed by atoms with E-state index in [-0.39, 0.29) is 23.2 Å². The number of methoxy groups -OCH3 is 1. The first-order chi connectivity index (χ1) is 12.4. The van der Waals surface area contributed by atoms with E-state index in [2.05, 4.69) is 0 Å². The molecule has 7 nitrogen and oxygen atoms in total. The molecule has 2 unspecified atom stereocenters. The number of carbonyl (C=O) groups is 2. The maximum atomic E-state index is 12.7. The first kappa shape index (κ1) is 17.1. The first-order valence-electron chi connectivity index (χ1n) is 8.51. The summed E-state index contributed by atoms with van der Waals surface area (Å²) in [5, 5.41) is 0. The Morgan fingerprint density at radius 3 is 2.54 bits per heavy atom. The second-order valence-electron chi connectivity index (χ2n) is 6.81. The number of nitrogens with zero attached hydrogens (tertiary/aromatic N) is 1. The predicted octanol–water partition coefficient (Wildman–Crippen LogP) is 1.59. The summed E-state index contributed by atoms with van der Waals surface area (Å²) in [7, 11) is -2.30. The third-order valence-corrected chi connectivity index (χ3v) is 7.31. The molecule has 1 aliphatic heterocycles. The van der Waals surface area contributed by atoms with Crippen molar-refractivity contribution in [1.29, 1.82) is 0 Å². The van der Waals surface area contributed by atoms with Crippen molar-refractivity contribution < 1.29 is 27.5 Å². The third-order valence-electron chi connectivity index (χ3n) is 5.35.